The first-order valence-corrected chi connectivity index (χ1v) is 14.4. The van der Waals surface area contributed by atoms with Gasteiger partial charge in [-0.2, -0.15) is 0 Å². The van der Waals surface area contributed by atoms with Gasteiger partial charge in [-0.15, -0.1) is 0 Å². The van der Waals surface area contributed by atoms with E-state index in [2.05, 4.69) is 52.0 Å². The maximum absolute atomic E-state index is 14.2. The monoisotopic (exact) mass is 418 g/mol. The molecule has 0 fully saturated rings. The van der Waals surface area contributed by atoms with Crippen LogP contribution in [0.1, 0.15) is 57.3 Å². The van der Waals surface area contributed by atoms with Crippen molar-refractivity contribution in [3.8, 4) is 11.4 Å². The molecule has 0 spiro atoms. The molecular formula is C26H34N2OSi. The molecule has 0 bridgehead atoms. The van der Waals surface area contributed by atoms with E-state index >= 15 is 0 Å². The molecule has 2 heterocycles. The molecule has 0 amide bonds. The topological polar surface area (TPSA) is 34.9 Å². The maximum Gasteiger partial charge on any atom is 0.242 e. The summed E-state index contributed by atoms with van der Waals surface area (Å²) in [7, 11) is -1.59. The van der Waals surface area contributed by atoms with Gasteiger partial charge in [-0.05, 0) is 30.7 Å². The summed E-state index contributed by atoms with van der Waals surface area (Å²) in [6.45, 7) is 9.16. The third-order valence-electron chi connectivity index (χ3n) is 7.07. The van der Waals surface area contributed by atoms with E-state index in [0.717, 1.165) is 28.5 Å². The number of para-hydroxylation sites is 2. The van der Waals surface area contributed by atoms with Crippen molar-refractivity contribution in [2.45, 2.75) is 76.5 Å². The van der Waals surface area contributed by atoms with Crippen LogP contribution in [0.3, 0.4) is 0 Å². The second kappa shape index (κ2) is 8.14. The highest BCUT2D eigenvalue weighted by atomic mass is 28.3. The molecule has 1 unspecified atom stereocenters. The van der Waals surface area contributed by atoms with Crippen LogP contribution in [0.4, 0.5) is 0 Å². The van der Waals surface area contributed by atoms with Crippen LogP contribution in [0, 0.1) is 0 Å². The van der Waals surface area contributed by atoms with Crippen LogP contribution in [-0.2, 0) is 5.41 Å². The largest absolute Gasteiger partial charge is 0.273 e. The summed E-state index contributed by atoms with van der Waals surface area (Å²) in [6, 6.07) is 21.5. The fourth-order valence-corrected chi connectivity index (χ4v) is 12.4. The van der Waals surface area contributed by atoms with Gasteiger partial charge >= 0.3 is 0 Å². The molecule has 4 heteroatoms. The molecule has 1 aliphatic rings. The van der Waals surface area contributed by atoms with Crippen molar-refractivity contribution in [3.05, 3.63) is 54.1 Å². The fourth-order valence-electron chi connectivity index (χ4n) is 6.09. The summed E-state index contributed by atoms with van der Waals surface area (Å²) in [4.78, 5) is 19.1. The van der Waals surface area contributed by atoms with Crippen LogP contribution in [0.25, 0.3) is 22.4 Å². The number of aromatic nitrogens is 2. The molecule has 0 saturated carbocycles. The minimum absolute atomic E-state index is 0.213. The number of nitrogens with zero attached hydrogens (tertiary/aromatic N) is 2. The summed E-state index contributed by atoms with van der Waals surface area (Å²) in [5, 5.41) is 0. The van der Waals surface area contributed by atoms with Crippen molar-refractivity contribution in [1.82, 2.24) is 9.55 Å². The van der Waals surface area contributed by atoms with E-state index < -0.39 is 13.5 Å². The number of rotatable bonds is 8. The van der Waals surface area contributed by atoms with Gasteiger partial charge in [0.25, 0.3) is 0 Å². The molecule has 158 valence electrons. The van der Waals surface area contributed by atoms with Gasteiger partial charge in [0.1, 0.15) is 5.82 Å². The van der Waals surface area contributed by atoms with E-state index in [9.17, 15) is 4.79 Å². The molecule has 2 aromatic carbocycles. The number of carbonyl (C=O) groups is 1. The predicted octanol–water partition coefficient (Wildman–Crippen LogP) is 7.29. The van der Waals surface area contributed by atoms with Gasteiger partial charge in [0, 0.05) is 5.56 Å². The minimum atomic E-state index is -1.59. The lowest BCUT2D eigenvalue weighted by molar-refractivity contribution is 0.0822. The molecular weight excluding hydrogens is 384 g/mol. The first-order chi connectivity index (χ1) is 14.5. The number of hydrogen-bond acceptors (Lipinski definition) is 2. The Morgan fingerprint density at radius 2 is 1.50 bits per heavy atom. The Morgan fingerprint density at radius 1 is 0.900 bits per heavy atom. The zero-order chi connectivity index (χ0) is 21.4. The number of benzene rings is 2. The first-order valence-electron chi connectivity index (χ1n) is 11.6. The summed E-state index contributed by atoms with van der Waals surface area (Å²) < 4.78 is 1.92. The van der Waals surface area contributed by atoms with Gasteiger partial charge in [-0.3, -0.25) is 9.36 Å². The van der Waals surface area contributed by atoms with Gasteiger partial charge in [-0.1, -0.05) is 94.6 Å². The summed E-state index contributed by atoms with van der Waals surface area (Å²) >= 11 is 0. The zero-order valence-electron chi connectivity index (χ0n) is 18.9. The fraction of sp³-hybridized carbons (Fsp3) is 0.462. The van der Waals surface area contributed by atoms with Gasteiger partial charge < -0.3 is 0 Å². The predicted molar refractivity (Wildman–Crippen MR) is 129 cm³/mol. The summed E-state index contributed by atoms with van der Waals surface area (Å²) in [5.74, 6) is 1.02. The first kappa shape index (κ1) is 21.0. The molecule has 1 aliphatic heterocycles. The Bertz CT molecular complexity index is 1050. The normalized spacial score (nSPS) is 18.5. The average Bonchev–Trinajstić information content (AvgIpc) is 3.13. The minimum Gasteiger partial charge on any atom is -0.273 e. The van der Waals surface area contributed by atoms with Crippen molar-refractivity contribution in [2.24, 2.45) is 0 Å². The lowest BCUT2D eigenvalue weighted by Crippen LogP contribution is -2.48. The van der Waals surface area contributed by atoms with E-state index in [1.807, 2.05) is 28.8 Å². The lowest BCUT2D eigenvalue weighted by Gasteiger charge is -2.42. The highest BCUT2D eigenvalue weighted by molar-refractivity contribution is 6.80. The Balaban J connectivity index is 1.92. The van der Waals surface area contributed by atoms with E-state index in [1.165, 1.54) is 43.0 Å². The summed E-state index contributed by atoms with van der Waals surface area (Å²) in [5.41, 5.74) is 3.66. The van der Waals surface area contributed by atoms with Crippen molar-refractivity contribution < 1.29 is 4.79 Å². The molecule has 0 aliphatic carbocycles. The second-order valence-electron chi connectivity index (χ2n) is 9.37. The second-order valence-corrected chi connectivity index (χ2v) is 14.2. The van der Waals surface area contributed by atoms with Crippen LogP contribution < -0.4 is 0 Å². The molecule has 1 atom stereocenters. The van der Waals surface area contributed by atoms with E-state index in [0.29, 0.717) is 0 Å². The molecule has 3 nitrogen and oxygen atoms in total. The smallest absolute Gasteiger partial charge is 0.242 e. The third kappa shape index (κ3) is 3.26. The molecule has 0 radical (unpaired) electrons. The van der Waals surface area contributed by atoms with Crippen LogP contribution in [0.2, 0.25) is 24.2 Å². The Hall–Kier alpha value is -2.20. The quantitative estimate of drug-likeness (QED) is 0.360. The summed E-state index contributed by atoms with van der Waals surface area (Å²) in [6.07, 6.45) is 3.66. The molecule has 0 saturated heterocycles. The molecule has 1 aromatic heterocycles. The number of hydrogen-bond donors (Lipinski definition) is 0. The van der Waals surface area contributed by atoms with Crippen LogP contribution in [0.15, 0.2) is 48.5 Å². The lowest BCUT2D eigenvalue weighted by atomic mass is 9.78. The van der Waals surface area contributed by atoms with Crippen molar-refractivity contribution in [3.63, 3.8) is 0 Å². The Morgan fingerprint density at radius 3 is 2.17 bits per heavy atom. The molecule has 0 N–H and O–H groups in total. The third-order valence-corrected chi connectivity index (χ3v) is 13.2. The number of carbonyl (C=O) groups excluding carboxylic acids is 1. The molecule has 4 rings (SSSR count). The van der Waals surface area contributed by atoms with Gasteiger partial charge in [0.15, 0.2) is 0 Å². The average molecular weight is 419 g/mol. The molecule has 30 heavy (non-hydrogen) atoms. The number of imidazole rings is 1. The van der Waals surface area contributed by atoms with Crippen molar-refractivity contribution in [2.75, 3.05) is 0 Å². The van der Waals surface area contributed by atoms with Crippen LogP contribution in [-0.4, -0.2) is 23.5 Å². The molecule has 3 aromatic rings. The maximum atomic E-state index is 14.2. The van der Waals surface area contributed by atoms with Crippen LogP contribution in [0.5, 0.6) is 0 Å². The van der Waals surface area contributed by atoms with Crippen molar-refractivity contribution >= 4 is 25.0 Å². The van der Waals surface area contributed by atoms with Gasteiger partial charge in [0.2, 0.25) is 5.91 Å². The van der Waals surface area contributed by atoms with E-state index in [1.54, 1.807) is 0 Å². The number of fused-ring (bicyclic) bond motifs is 5. The Kier molecular flexibility index (Phi) is 5.71. The standard InChI is InChI=1S/C26H34N2OSi/c1-5-16-30(17-6-2,18-7-3)19-26(4)21-13-9-8-12-20(21)24-27-22-14-10-11-15-23(22)28(24)25(26)29/h8-15H,5-7,16-19H2,1-4H3. The highest BCUT2D eigenvalue weighted by Gasteiger charge is 2.49. The van der Waals surface area contributed by atoms with E-state index in [4.69, 9.17) is 4.98 Å². The van der Waals surface area contributed by atoms with Crippen molar-refractivity contribution in [1.29, 1.82) is 0 Å². The SMILES string of the molecule is CCC[Si](CCC)(CCC)CC1(C)C(=O)n2c(nc3ccccc32)-c2ccccc21. The highest BCUT2D eigenvalue weighted by Crippen LogP contribution is 2.48. The Labute approximate surface area is 181 Å². The van der Waals surface area contributed by atoms with Gasteiger partial charge in [0.05, 0.1) is 24.5 Å². The van der Waals surface area contributed by atoms with Gasteiger partial charge in [-0.25, -0.2) is 4.98 Å². The van der Waals surface area contributed by atoms with Crippen LogP contribution >= 0.6 is 0 Å². The zero-order valence-corrected chi connectivity index (χ0v) is 19.9. The van der Waals surface area contributed by atoms with E-state index in [-0.39, 0.29) is 5.91 Å².